The van der Waals surface area contributed by atoms with Gasteiger partial charge >= 0.3 is 0 Å². The maximum Gasteiger partial charge on any atom is 0.181 e. The lowest BCUT2D eigenvalue weighted by Gasteiger charge is -2.29. The van der Waals surface area contributed by atoms with Crippen molar-refractivity contribution < 1.29 is 13.5 Å². The Morgan fingerprint density at radius 3 is 2.04 bits per heavy atom. The fourth-order valence-corrected chi connectivity index (χ4v) is 5.64. The third-order valence-corrected chi connectivity index (χ3v) is 6.96. The largest absolute Gasteiger partial charge is 0.392 e. The minimum atomic E-state index is -3.48. The number of aliphatic hydroxyl groups is 1. The summed E-state index contributed by atoms with van der Waals surface area (Å²) in [4.78, 5) is 0.347. The maximum absolute atomic E-state index is 13.2. The molecule has 0 heterocycles. The third kappa shape index (κ3) is 3.33. The van der Waals surface area contributed by atoms with E-state index in [4.69, 9.17) is 0 Å². The molecule has 0 amide bonds. The highest BCUT2D eigenvalue weighted by Gasteiger charge is 2.40. The molecule has 1 N–H and O–H groups in total. The summed E-state index contributed by atoms with van der Waals surface area (Å²) in [6, 6.07) is 18.2. The molecule has 1 aliphatic carbocycles. The summed E-state index contributed by atoms with van der Waals surface area (Å²) >= 11 is 0. The van der Waals surface area contributed by atoms with Crippen LogP contribution in [-0.2, 0) is 9.84 Å². The van der Waals surface area contributed by atoms with Crippen LogP contribution in [0.15, 0.2) is 65.6 Å². The molecule has 1 aliphatic rings. The standard InChI is InChI=1S/C19H22O3S/c20-17-13-7-8-14-18(19(17)15-9-3-1-4-10-15)23(21,22)16-11-5-2-6-12-16/h1-6,9-12,17-20H,7-8,13-14H2. The molecule has 3 atom stereocenters. The minimum absolute atomic E-state index is 0.347. The van der Waals surface area contributed by atoms with E-state index in [0.29, 0.717) is 17.7 Å². The number of sulfone groups is 1. The normalized spacial score (nSPS) is 25.7. The van der Waals surface area contributed by atoms with Crippen LogP contribution in [0, 0.1) is 0 Å². The minimum Gasteiger partial charge on any atom is -0.392 e. The number of hydrogen-bond acceptors (Lipinski definition) is 3. The number of aliphatic hydroxyl groups excluding tert-OH is 1. The molecule has 23 heavy (non-hydrogen) atoms. The van der Waals surface area contributed by atoms with Crippen molar-refractivity contribution in [3.63, 3.8) is 0 Å². The van der Waals surface area contributed by atoms with Crippen molar-refractivity contribution in [2.75, 3.05) is 0 Å². The average molecular weight is 330 g/mol. The first-order valence-electron chi connectivity index (χ1n) is 8.12. The van der Waals surface area contributed by atoms with Crippen LogP contribution < -0.4 is 0 Å². The van der Waals surface area contributed by atoms with Crippen molar-refractivity contribution in [1.82, 2.24) is 0 Å². The van der Waals surface area contributed by atoms with Crippen LogP contribution in [0.5, 0.6) is 0 Å². The molecule has 122 valence electrons. The van der Waals surface area contributed by atoms with Gasteiger partial charge in [0.05, 0.1) is 16.2 Å². The molecule has 2 aromatic carbocycles. The zero-order chi connectivity index (χ0) is 16.3. The topological polar surface area (TPSA) is 54.4 Å². The Morgan fingerprint density at radius 2 is 1.39 bits per heavy atom. The first-order valence-corrected chi connectivity index (χ1v) is 9.67. The van der Waals surface area contributed by atoms with Crippen LogP contribution in [0.2, 0.25) is 0 Å². The summed E-state index contributed by atoms with van der Waals surface area (Å²) < 4.78 is 26.3. The van der Waals surface area contributed by atoms with Crippen LogP contribution in [0.3, 0.4) is 0 Å². The zero-order valence-electron chi connectivity index (χ0n) is 13.0. The van der Waals surface area contributed by atoms with Gasteiger partial charge in [0.15, 0.2) is 9.84 Å². The average Bonchev–Trinajstić information content (AvgIpc) is 2.78. The van der Waals surface area contributed by atoms with E-state index >= 15 is 0 Å². The van der Waals surface area contributed by atoms with Crippen LogP contribution in [0.4, 0.5) is 0 Å². The van der Waals surface area contributed by atoms with Gasteiger partial charge in [-0.15, -0.1) is 0 Å². The highest BCUT2D eigenvalue weighted by molar-refractivity contribution is 7.92. The Bertz CT molecular complexity index is 726. The molecule has 4 heteroatoms. The first kappa shape index (κ1) is 16.2. The molecule has 0 radical (unpaired) electrons. The molecule has 0 aromatic heterocycles. The lowest BCUT2D eigenvalue weighted by atomic mass is 9.89. The van der Waals surface area contributed by atoms with Crippen LogP contribution in [0.1, 0.15) is 37.2 Å². The Kier molecular flexibility index (Phi) is 4.83. The molecule has 3 nitrogen and oxygen atoms in total. The van der Waals surface area contributed by atoms with Gasteiger partial charge in [0, 0.05) is 5.92 Å². The number of rotatable bonds is 3. The fourth-order valence-electron chi connectivity index (χ4n) is 3.55. The van der Waals surface area contributed by atoms with E-state index in [-0.39, 0.29) is 5.92 Å². The monoisotopic (exact) mass is 330 g/mol. The Balaban J connectivity index is 2.06. The Labute approximate surface area is 137 Å². The van der Waals surface area contributed by atoms with E-state index in [1.54, 1.807) is 24.3 Å². The third-order valence-electron chi connectivity index (χ3n) is 4.71. The SMILES string of the molecule is O=S(=O)(c1ccccc1)C1CCCCC(O)C1c1ccccc1. The highest BCUT2D eigenvalue weighted by atomic mass is 32.2. The second-order valence-electron chi connectivity index (χ2n) is 6.18. The molecule has 0 saturated heterocycles. The van der Waals surface area contributed by atoms with Crippen molar-refractivity contribution in [3.8, 4) is 0 Å². The molecular weight excluding hydrogens is 308 g/mol. The van der Waals surface area contributed by atoms with Crippen molar-refractivity contribution in [1.29, 1.82) is 0 Å². The lowest BCUT2D eigenvalue weighted by molar-refractivity contribution is 0.136. The van der Waals surface area contributed by atoms with E-state index in [0.717, 1.165) is 18.4 Å². The smallest absolute Gasteiger partial charge is 0.181 e. The maximum atomic E-state index is 13.2. The summed E-state index contributed by atoms with van der Waals surface area (Å²) in [5.74, 6) is -0.371. The van der Waals surface area contributed by atoms with Gasteiger partial charge in [-0.3, -0.25) is 0 Å². The van der Waals surface area contributed by atoms with Crippen molar-refractivity contribution in [2.24, 2.45) is 0 Å². The molecular formula is C19H22O3S. The predicted octanol–water partition coefficient (Wildman–Crippen LogP) is 3.55. The van der Waals surface area contributed by atoms with Gasteiger partial charge in [0.25, 0.3) is 0 Å². The molecule has 1 fully saturated rings. The molecule has 3 unspecified atom stereocenters. The van der Waals surface area contributed by atoms with Crippen LogP contribution >= 0.6 is 0 Å². The van der Waals surface area contributed by atoms with Crippen molar-refractivity contribution >= 4 is 9.84 Å². The summed E-state index contributed by atoms with van der Waals surface area (Å²) in [7, 11) is -3.48. The summed E-state index contributed by atoms with van der Waals surface area (Å²) in [5.41, 5.74) is 0.909. The Morgan fingerprint density at radius 1 is 0.826 bits per heavy atom. The molecule has 0 aliphatic heterocycles. The van der Waals surface area contributed by atoms with Crippen LogP contribution in [0.25, 0.3) is 0 Å². The van der Waals surface area contributed by atoms with Gasteiger partial charge in [-0.25, -0.2) is 8.42 Å². The highest BCUT2D eigenvalue weighted by Crippen LogP contribution is 2.38. The van der Waals surface area contributed by atoms with E-state index in [1.165, 1.54) is 0 Å². The zero-order valence-corrected chi connectivity index (χ0v) is 13.8. The fraction of sp³-hybridized carbons (Fsp3) is 0.368. The second-order valence-corrected chi connectivity index (χ2v) is 8.35. The van der Waals surface area contributed by atoms with E-state index in [2.05, 4.69) is 0 Å². The van der Waals surface area contributed by atoms with E-state index in [9.17, 15) is 13.5 Å². The lowest BCUT2D eigenvalue weighted by Crippen LogP contribution is -2.34. The van der Waals surface area contributed by atoms with Gasteiger partial charge in [0.2, 0.25) is 0 Å². The summed E-state index contributed by atoms with van der Waals surface area (Å²) in [6.45, 7) is 0. The number of hydrogen-bond donors (Lipinski definition) is 1. The van der Waals surface area contributed by atoms with Crippen molar-refractivity contribution in [3.05, 3.63) is 66.2 Å². The quantitative estimate of drug-likeness (QED) is 0.876. The summed E-state index contributed by atoms with van der Waals surface area (Å²) in [5, 5.41) is 10.0. The van der Waals surface area contributed by atoms with Crippen molar-refractivity contribution in [2.45, 2.75) is 47.9 Å². The van der Waals surface area contributed by atoms with Gasteiger partial charge in [-0.2, -0.15) is 0 Å². The second kappa shape index (κ2) is 6.85. The molecule has 0 bridgehead atoms. The van der Waals surface area contributed by atoms with Gasteiger partial charge in [-0.1, -0.05) is 61.4 Å². The molecule has 3 rings (SSSR count). The molecule has 2 aromatic rings. The predicted molar refractivity (Wildman–Crippen MR) is 91.1 cm³/mol. The molecule has 0 spiro atoms. The van der Waals surface area contributed by atoms with Gasteiger partial charge in [-0.05, 0) is 30.5 Å². The summed E-state index contributed by atoms with van der Waals surface area (Å²) in [6.07, 6.45) is 2.32. The van der Waals surface area contributed by atoms with Gasteiger partial charge < -0.3 is 5.11 Å². The van der Waals surface area contributed by atoms with E-state index in [1.807, 2.05) is 36.4 Å². The molecule has 1 saturated carbocycles. The number of benzene rings is 2. The van der Waals surface area contributed by atoms with Crippen LogP contribution in [-0.4, -0.2) is 24.9 Å². The van der Waals surface area contributed by atoms with Gasteiger partial charge in [0.1, 0.15) is 0 Å². The Hall–Kier alpha value is -1.65. The van der Waals surface area contributed by atoms with E-state index < -0.39 is 21.2 Å². The first-order chi connectivity index (χ1) is 11.1.